The second-order valence-electron chi connectivity index (χ2n) is 2.57. The predicted molar refractivity (Wildman–Crippen MR) is 61.4 cm³/mol. The highest BCUT2D eigenvalue weighted by Crippen LogP contribution is 2.20. The minimum absolute atomic E-state index is 0.249. The molecule has 0 bridgehead atoms. The maximum absolute atomic E-state index is 13.4. The van der Waals surface area contributed by atoms with Gasteiger partial charge in [-0.25, -0.2) is 9.37 Å². The summed E-state index contributed by atoms with van der Waals surface area (Å²) in [7, 11) is 0. The van der Waals surface area contributed by atoms with Gasteiger partial charge in [-0.2, -0.15) is 0 Å². The van der Waals surface area contributed by atoms with E-state index >= 15 is 0 Å². The molecule has 0 radical (unpaired) electrons. The van der Waals surface area contributed by atoms with E-state index in [0.717, 1.165) is 11.3 Å². The molecule has 2 rings (SSSR count). The number of rotatable bonds is 1. The summed E-state index contributed by atoms with van der Waals surface area (Å²) < 4.78 is 14.0. The third-order valence-electron chi connectivity index (χ3n) is 1.72. The van der Waals surface area contributed by atoms with Gasteiger partial charge < -0.3 is 4.98 Å². The zero-order valence-electron chi connectivity index (χ0n) is 6.44. The van der Waals surface area contributed by atoms with Crippen LogP contribution < -0.4 is 0 Å². The minimum atomic E-state index is -0.249. The molecule has 0 spiro atoms. The lowest BCUT2D eigenvalue weighted by Gasteiger charge is -1.92. The summed E-state index contributed by atoms with van der Waals surface area (Å²) in [5, 5.41) is 0.609. The van der Waals surface area contributed by atoms with Crippen LogP contribution in [0.15, 0.2) is 12.1 Å². The number of hydrogen-bond acceptors (Lipinski definition) is 1. The molecule has 2 nitrogen and oxygen atoms in total. The van der Waals surface area contributed by atoms with Gasteiger partial charge in [0.15, 0.2) is 5.82 Å². The van der Waals surface area contributed by atoms with Gasteiger partial charge in [0.25, 0.3) is 0 Å². The van der Waals surface area contributed by atoms with Crippen LogP contribution in [0.2, 0.25) is 0 Å². The van der Waals surface area contributed by atoms with Crippen LogP contribution in [0.4, 0.5) is 4.39 Å². The Morgan fingerprint density at radius 2 is 2.31 bits per heavy atom. The van der Waals surface area contributed by atoms with Gasteiger partial charge in [0.05, 0.1) is 14.4 Å². The van der Waals surface area contributed by atoms with Crippen molar-refractivity contribution in [2.45, 2.75) is 5.33 Å². The number of H-pyrrole nitrogens is 1. The van der Waals surface area contributed by atoms with Gasteiger partial charge in [0.2, 0.25) is 0 Å². The molecule has 0 fully saturated rings. The molecule has 0 amide bonds. The van der Waals surface area contributed by atoms with Crippen LogP contribution in [0.1, 0.15) is 5.82 Å². The fourth-order valence-corrected chi connectivity index (χ4v) is 1.83. The van der Waals surface area contributed by atoms with Crippen LogP contribution in [-0.2, 0) is 5.33 Å². The van der Waals surface area contributed by atoms with Crippen molar-refractivity contribution in [1.82, 2.24) is 9.97 Å². The molecule has 0 aliphatic carbocycles. The van der Waals surface area contributed by atoms with E-state index in [4.69, 9.17) is 0 Å². The summed E-state index contributed by atoms with van der Waals surface area (Å²) in [6.45, 7) is 0. The Bertz CT molecular complexity index is 455. The van der Waals surface area contributed by atoms with Gasteiger partial charge in [-0.15, -0.1) is 0 Å². The number of nitrogens with one attached hydrogen (secondary N) is 1. The molecule has 68 valence electrons. The van der Waals surface area contributed by atoms with E-state index in [1.807, 2.05) is 28.7 Å². The fourth-order valence-electron chi connectivity index (χ4n) is 1.13. The fraction of sp³-hybridized carbons (Fsp3) is 0.125. The number of halogens is 3. The number of nitrogens with zero attached hydrogens (tertiary/aromatic N) is 1. The molecule has 0 aliphatic rings. The Morgan fingerprint density at radius 1 is 1.54 bits per heavy atom. The molecule has 2 aromatic rings. The smallest absolute Gasteiger partial charge is 0.164 e. The van der Waals surface area contributed by atoms with Gasteiger partial charge in [-0.1, -0.05) is 15.9 Å². The summed E-state index contributed by atoms with van der Waals surface area (Å²) in [5.41, 5.74) is 1.16. The van der Waals surface area contributed by atoms with E-state index in [1.165, 1.54) is 0 Å². The number of hydrogen-bond donors (Lipinski definition) is 1. The predicted octanol–water partition coefficient (Wildman–Crippen LogP) is 3.20. The first-order chi connectivity index (χ1) is 6.22. The molecule has 1 aromatic heterocycles. The molecular weight excluding hydrogens is 350 g/mol. The first kappa shape index (κ1) is 9.39. The molecule has 13 heavy (non-hydrogen) atoms. The van der Waals surface area contributed by atoms with E-state index in [1.54, 1.807) is 6.07 Å². The highest BCUT2D eigenvalue weighted by molar-refractivity contribution is 14.1. The highest BCUT2D eigenvalue weighted by Gasteiger charge is 2.09. The molecule has 0 saturated carbocycles. The van der Waals surface area contributed by atoms with Crippen molar-refractivity contribution in [3.8, 4) is 0 Å². The van der Waals surface area contributed by atoms with E-state index in [2.05, 4.69) is 25.9 Å². The summed E-state index contributed by atoms with van der Waals surface area (Å²) in [5.74, 6) is 0.498. The molecule has 0 unspecified atom stereocenters. The second kappa shape index (κ2) is 3.53. The van der Waals surface area contributed by atoms with Crippen LogP contribution in [0.3, 0.4) is 0 Å². The van der Waals surface area contributed by atoms with Crippen molar-refractivity contribution in [3.63, 3.8) is 0 Å². The van der Waals surface area contributed by atoms with Gasteiger partial charge in [-0.05, 0) is 34.7 Å². The average Bonchev–Trinajstić information content (AvgIpc) is 2.55. The SMILES string of the molecule is Fc1c(I)ccc2[nH]c(CBr)nc12. The van der Waals surface area contributed by atoms with E-state index in [-0.39, 0.29) is 5.82 Å². The van der Waals surface area contributed by atoms with E-state index in [9.17, 15) is 4.39 Å². The molecule has 1 heterocycles. The minimum Gasteiger partial charge on any atom is -0.341 e. The van der Waals surface area contributed by atoms with Gasteiger partial charge in [0.1, 0.15) is 11.3 Å². The standard InChI is InChI=1S/C8H5BrFIN2/c9-3-6-12-5-2-1-4(11)7(10)8(5)13-6/h1-2H,3H2,(H,12,13). The highest BCUT2D eigenvalue weighted by atomic mass is 127. The summed E-state index contributed by atoms with van der Waals surface area (Å²) in [6.07, 6.45) is 0. The first-order valence-corrected chi connectivity index (χ1v) is 5.81. The van der Waals surface area contributed by atoms with Crippen molar-refractivity contribution < 1.29 is 4.39 Å². The molecular formula is C8H5BrFIN2. The number of imidazole rings is 1. The Hall–Kier alpha value is -0.170. The molecule has 1 aromatic carbocycles. The summed E-state index contributed by atoms with van der Waals surface area (Å²) >= 11 is 5.21. The molecule has 0 saturated heterocycles. The Balaban J connectivity index is 2.76. The van der Waals surface area contributed by atoms with Crippen LogP contribution >= 0.6 is 38.5 Å². The molecule has 0 aliphatic heterocycles. The Labute approximate surface area is 96.2 Å². The zero-order chi connectivity index (χ0) is 9.42. The second-order valence-corrected chi connectivity index (χ2v) is 4.30. The number of fused-ring (bicyclic) bond motifs is 1. The van der Waals surface area contributed by atoms with Crippen LogP contribution in [0.5, 0.6) is 0 Å². The maximum atomic E-state index is 13.4. The zero-order valence-corrected chi connectivity index (χ0v) is 10.2. The van der Waals surface area contributed by atoms with E-state index in [0.29, 0.717) is 14.4 Å². The number of aromatic nitrogens is 2. The average molecular weight is 355 g/mol. The van der Waals surface area contributed by atoms with Gasteiger partial charge >= 0.3 is 0 Å². The topological polar surface area (TPSA) is 28.7 Å². The quantitative estimate of drug-likeness (QED) is 0.618. The van der Waals surface area contributed by atoms with Crippen LogP contribution in [-0.4, -0.2) is 9.97 Å². The lowest BCUT2D eigenvalue weighted by Crippen LogP contribution is -1.83. The Morgan fingerprint density at radius 3 is 3.00 bits per heavy atom. The number of benzene rings is 1. The van der Waals surface area contributed by atoms with Crippen LogP contribution in [0.25, 0.3) is 11.0 Å². The van der Waals surface area contributed by atoms with E-state index < -0.39 is 0 Å². The van der Waals surface area contributed by atoms with Gasteiger partial charge in [0, 0.05) is 0 Å². The normalized spacial score (nSPS) is 11.0. The van der Waals surface area contributed by atoms with Gasteiger partial charge in [-0.3, -0.25) is 0 Å². The molecule has 0 atom stereocenters. The monoisotopic (exact) mass is 354 g/mol. The third-order valence-corrected chi connectivity index (χ3v) is 3.09. The Kier molecular flexibility index (Phi) is 2.55. The summed E-state index contributed by atoms with van der Waals surface area (Å²) in [6, 6.07) is 3.56. The largest absolute Gasteiger partial charge is 0.341 e. The van der Waals surface area contributed by atoms with Crippen molar-refractivity contribution in [2.24, 2.45) is 0 Å². The lowest BCUT2D eigenvalue weighted by atomic mass is 10.3. The maximum Gasteiger partial charge on any atom is 0.164 e. The molecule has 5 heteroatoms. The van der Waals surface area contributed by atoms with Crippen molar-refractivity contribution in [1.29, 1.82) is 0 Å². The number of alkyl halides is 1. The molecule has 1 N–H and O–H groups in total. The van der Waals surface area contributed by atoms with Crippen molar-refractivity contribution in [2.75, 3.05) is 0 Å². The first-order valence-electron chi connectivity index (χ1n) is 3.61. The number of aromatic amines is 1. The lowest BCUT2D eigenvalue weighted by molar-refractivity contribution is 0.630. The summed E-state index contributed by atoms with van der Waals surface area (Å²) in [4.78, 5) is 7.12. The van der Waals surface area contributed by atoms with Crippen LogP contribution in [0, 0.1) is 9.39 Å². The third kappa shape index (κ3) is 1.59. The van der Waals surface area contributed by atoms with Crippen molar-refractivity contribution >= 4 is 49.6 Å². The van der Waals surface area contributed by atoms with Crippen molar-refractivity contribution in [3.05, 3.63) is 27.3 Å².